The van der Waals surface area contributed by atoms with Gasteiger partial charge in [0.25, 0.3) is 0 Å². The van der Waals surface area contributed by atoms with E-state index in [4.69, 9.17) is 5.73 Å². The second-order valence-electron chi connectivity index (χ2n) is 4.66. The lowest BCUT2D eigenvalue weighted by Crippen LogP contribution is -2.29. The first-order valence-electron chi connectivity index (χ1n) is 6.15. The topological polar surface area (TPSA) is 42.2 Å². The molecule has 2 aromatic rings. The molecule has 4 heteroatoms. The summed E-state index contributed by atoms with van der Waals surface area (Å²) in [5, 5.41) is 1.11. The van der Waals surface area contributed by atoms with Gasteiger partial charge in [0, 0.05) is 13.1 Å². The van der Waals surface area contributed by atoms with Crippen molar-refractivity contribution in [2.24, 2.45) is 0 Å². The fourth-order valence-electron chi connectivity index (χ4n) is 2.50. The fourth-order valence-corrected chi connectivity index (χ4v) is 3.36. The van der Waals surface area contributed by atoms with Gasteiger partial charge in [-0.3, -0.25) is 0 Å². The maximum atomic E-state index is 6.16. The Kier molecular flexibility index (Phi) is 2.67. The van der Waals surface area contributed by atoms with Crippen molar-refractivity contribution in [3.8, 4) is 0 Å². The fraction of sp³-hybridized carbons (Fsp3) is 0.462. The first-order valence-corrected chi connectivity index (χ1v) is 6.97. The summed E-state index contributed by atoms with van der Waals surface area (Å²) in [7, 11) is 0. The van der Waals surface area contributed by atoms with Crippen molar-refractivity contribution in [3.05, 3.63) is 17.1 Å². The van der Waals surface area contributed by atoms with Crippen LogP contribution in [0.5, 0.6) is 0 Å². The van der Waals surface area contributed by atoms with E-state index in [1.807, 2.05) is 6.92 Å². The highest BCUT2D eigenvalue weighted by molar-refractivity contribution is 7.18. The predicted octanol–water partition coefficient (Wildman–Crippen LogP) is 3.18. The number of hydrogen-bond donors (Lipinski definition) is 1. The summed E-state index contributed by atoms with van der Waals surface area (Å²) < 4.78 is 1.20. The largest absolute Gasteiger partial charge is 0.397 e. The van der Waals surface area contributed by atoms with Crippen molar-refractivity contribution in [1.29, 1.82) is 0 Å². The van der Waals surface area contributed by atoms with Gasteiger partial charge in [0.1, 0.15) is 0 Å². The summed E-state index contributed by atoms with van der Waals surface area (Å²) in [4.78, 5) is 6.94. The summed E-state index contributed by atoms with van der Waals surface area (Å²) in [5.74, 6) is 0. The monoisotopic (exact) mass is 247 g/mol. The Bertz CT molecular complexity index is 541. The maximum Gasteiger partial charge on any atom is 0.0907 e. The summed E-state index contributed by atoms with van der Waals surface area (Å²) in [6, 6.07) is 4.23. The lowest BCUT2D eigenvalue weighted by atomic mass is 10.1. The minimum absolute atomic E-state index is 0.892. The number of thiazole rings is 1. The summed E-state index contributed by atoms with van der Waals surface area (Å²) in [6.45, 7) is 4.29. The van der Waals surface area contributed by atoms with Crippen LogP contribution in [0.1, 0.15) is 24.3 Å². The number of aryl methyl sites for hydroxylation is 1. The van der Waals surface area contributed by atoms with Gasteiger partial charge in [-0.1, -0.05) is 0 Å². The third-order valence-electron chi connectivity index (χ3n) is 3.34. The molecular weight excluding hydrogens is 230 g/mol. The molecule has 17 heavy (non-hydrogen) atoms. The molecule has 1 saturated heterocycles. The Morgan fingerprint density at radius 1 is 1.24 bits per heavy atom. The van der Waals surface area contributed by atoms with E-state index in [1.54, 1.807) is 11.3 Å². The number of aromatic nitrogens is 1. The minimum Gasteiger partial charge on any atom is -0.397 e. The molecule has 90 valence electrons. The normalized spacial score (nSPS) is 16.6. The number of nitrogens with two attached hydrogens (primary N) is 1. The molecule has 1 aliphatic heterocycles. The van der Waals surface area contributed by atoms with Crippen LogP contribution in [0.4, 0.5) is 11.4 Å². The Hall–Kier alpha value is -1.29. The summed E-state index contributed by atoms with van der Waals surface area (Å²) in [5.41, 5.74) is 9.31. The molecule has 1 aromatic carbocycles. The van der Waals surface area contributed by atoms with E-state index < -0.39 is 0 Å². The van der Waals surface area contributed by atoms with E-state index in [9.17, 15) is 0 Å². The molecule has 0 aliphatic carbocycles. The highest BCUT2D eigenvalue weighted by Crippen LogP contribution is 2.33. The van der Waals surface area contributed by atoms with Gasteiger partial charge in [0.2, 0.25) is 0 Å². The number of anilines is 2. The van der Waals surface area contributed by atoms with Crippen LogP contribution in [0, 0.1) is 6.92 Å². The molecule has 0 unspecified atom stereocenters. The first kappa shape index (κ1) is 10.8. The second-order valence-corrected chi connectivity index (χ2v) is 5.89. The molecule has 3 nitrogen and oxygen atoms in total. The van der Waals surface area contributed by atoms with Gasteiger partial charge < -0.3 is 10.6 Å². The molecule has 3 rings (SSSR count). The molecule has 0 bridgehead atoms. The van der Waals surface area contributed by atoms with E-state index in [1.165, 1.54) is 29.6 Å². The molecule has 2 heterocycles. The van der Waals surface area contributed by atoms with Crippen LogP contribution in [-0.2, 0) is 0 Å². The van der Waals surface area contributed by atoms with Crippen molar-refractivity contribution < 1.29 is 0 Å². The number of fused-ring (bicyclic) bond motifs is 1. The molecule has 0 atom stereocenters. The van der Waals surface area contributed by atoms with Crippen molar-refractivity contribution in [1.82, 2.24) is 4.98 Å². The Labute approximate surface area is 105 Å². The third kappa shape index (κ3) is 1.97. The Balaban J connectivity index is 2.05. The van der Waals surface area contributed by atoms with E-state index in [0.717, 1.165) is 29.3 Å². The van der Waals surface area contributed by atoms with Gasteiger partial charge in [-0.25, -0.2) is 4.98 Å². The van der Waals surface area contributed by atoms with Crippen molar-refractivity contribution >= 4 is 32.9 Å². The van der Waals surface area contributed by atoms with Gasteiger partial charge in [-0.05, 0) is 38.3 Å². The van der Waals surface area contributed by atoms with Crippen molar-refractivity contribution in [2.75, 3.05) is 23.7 Å². The highest BCUT2D eigenvalue weighted by atomic mass is 32.1. The van der Waals surface area contributed by atoms with Gasteiger partial charge in [0.15, 0.2) is 0 Å². The van der Waals surface area contributed by atoms with E-state index in [0.29, 0.717) is 0 Å². The van der Waals surface area contributed by atoms with E-state index >= 15 is 0 Å². The average Bonchev–Trinajstić information content (AvgIpc) is 2.68. The predicted molar refractivity (Wildman–Crippen MR) is 74.8 cm³/mol. The van der Waals surface area contributed by atoms with Crippen molar-refractivity contribution in [2.45, 2.75) is 26.2 Å². The Morgan fingerprint density at radius 3 is 2.76 bits per heavy atom. The number of piperidine rings is 1. The van der Waals surface area contributed by atoms with Crippen LogP contribution in [0.15, 0.2) is 12.1 Å². The smallest absolute Gasteiger partial charge is 0.0907 e. The van der Waals surface area contributed by atoms with Gasteiger partial charge in [0.05, 0.1) is 26.6 Å². The number of hydrogen-bond acceptors (Lipinski definition) is 4. The van der Waals surface area contributed by atoms with E-state index in [-0.39, 0.29) is 0 Å². The van der Waals surface area contributed by atoms with Gasteiger partial charge in [-0.15, -0.1) is 11.3 Å². The van der Waals surface area contributed by atoms with Crippen LogP contribution in [0.25, 0.3) is 10.2 Å². The average molecular weight is 247 g/mol. The van der Waals surface area contributed by atoms with E-state index in [2.05, 4.69) is 22.0 Å². The Morgan fingerprint density at radius 2 is 2.00 bits per heavy atom. The molecule has 0 saturated carbocycles. The zero-order chi connectivity index (χ0) is 11.8. The zero-order valence-electron chi connectivity index (χ0n) is 10.1. The van der Waals surface area contributed by atoms with Gasteiger partial charge in [-0.2, -0.15) is 0 Å². The molecule has 1 aliphatic rings. The summed E-state index contributed by atoms with van der Waals surface area (Å²) in [6.07, 6.45) is 3.88. The molecule has 0 radical (unpaired) electrons. The second kappa shape index (κ2) is 4.18. The lowest BCUT2D eigenvalue weighted by Gasteiger charge is -2.29. The van der Waals surface area contributed by atoms with Crippen LogP contribution >= 0.6 is 11.3 Å². The van der Waals surface area contributed by atoms with Gasteiger partial charge >= 0.3 is 0 Å². The number of nitrogens with zero attached hydrogens (tertiary/aromatic N) is 2. The maximum absolute atomic E-state index is 6.16. The van der Waals surface area contributed by atoms with Crippen LogP contribution in [0.3, 0.4) is 0 Å². The number of nitrogen functional groups attached to an aromatic ring is 1. The molecule has 1 aromatic heterocycles. The van der Waals surface area contributed by atoms with Crippen LogP contribution in [0.2, 0.25) is 0 Å². The summed E-state index contributed by atoms with van der Waals surface area (Å²) >= 11 is 1.71. The quantitative estimate of drug-likeness (QED) is 0.787. The number of benzene rings is 1. The zero-order valence-corrected chi connectivity index (χ0v) is 10.9. The SMILES string of the molecule is Cc1nc2cc(N3CCCCC3)c(N)cc2s1. The minimum atomic E-state index is 0.892. The molecule has 1 fully saturated rings. The third-order valence-corrected chi connectivity index (χ3v) is 4.27. The molecule has 0 spiro atoms. The van der Waals surface area contributed by atoms with Crippen molar-refractivity contribution in [3.63, 3.8) is 0 Å². The molecule has 0 amide bonds. The standard InChI is InChI=1S/C13H17N3S/c1-9-15-11-8-12(10(14)7-13(11)17-9)16-5-3-2-4-6-16/h7-8H,2-6,14H2,1H3. The first-order chi connectivity index (χ1) is 8.24. The molecule has 2 N–H and O–H groups in total. The lowest BCUT2D eigenvalue weighted by molar-refractivity contribution is 0.578. The van der Waals surface area contributed by atoms with Crippen LogP contribution in [-0.4, -0.2) is 18.1 Å². The number of rotatable bonds is 1. The molecular formula is C13H17N3S. The highest BCUT2D eigenvalue weighted by Gasteiger charge is 2.15. The van der Waals surface area contributed by atoms with Crippen LogP contribution < -0.4 is 10.6 Å².